The molecule has 120 valence electrons. The summed E-state index contributed by atoms with van der Waals surface area (Å²) in [6.07, 6.45) is 0.224. The topological polar surface area (TPSA) is 31.3 Å². The van der Waals surface area contributed by atoms with Gasteiger partial charge in [0.15, 0.2) is 5.96 Å². The summed E-state index contributed by atoms with van der Waals surface area (Å²) >= 11 is 0. The SMILES string of the molecule is CC(C)CN1CCOC(CN=C(N(C)C)N(C)C)C1.I. The molecule has 6 heteroatoms. The van der Waals surface area contributed by atoms with Crippen LogP contribution in [0.3, 0.4) is 0 Å². The van der Waals surface area contributed by atoms with E-state index in [2.05, 4.69) is 23.7 Å². The van der Waals surface area contributed by atoms with Crippen LogP contribution in [0.25, 0.3) is 0 Å². The van der Waals surface area contributed by atoms with E-state index >= 15 is 0 Å². The third-order valence-electron chi connectivity index (χ3n) is 3.08. The van der Waals surface area contributed by atoms with Crippen LogP contribution < -0.4 is 0 Å². The van der Waals surface area contributed by atoms with Gasteiger partial charge in [0, 0.05) is 47.8 Å². The van der Waals surface area contributed by atoms with Crippen molar-refractivity contribution in [3.05, 3.63) is 0 Å². The predicted molar refractivity (Wildman–Crippen MR) is 96.1 cm³/mol. The molecule has 1 rings (SSSR count). The fraction of sp³-hybridized carbons (Fsp3) is 0.929. The van der Waals surface area contributed by atoms with E-state index in [-0.39, 0.29) is 30.1 Å². The third kappa shape index (κ3) is 7.08. The standard InChI is InChI=1S/C14H30N4O.HI/c1-12(2)10-18-7-8-19-13(11-18)9-15-14(16(3)4)17(5)6;/h12-13H,7-11H2,1-6H3;1H. The van der Waals surface area contributed by atoms with Gasteiger partial charge in [0.1, 0.15) is 0 Å². The van der Waals surface area contributed by atoms with Crippen LogP contribution in [0, 0.1) is 5.92 Å². The van der Waals surface area contributed by atoms with Crippen molar-refractivity contribution in [2.24, 2.45) is 10.9 Å². The second kappa shape index (κ2) is 9.78. The molecule has 0 spiro atoms. The number of nitrogens with zero attached hydrogens (tertiary/aromatic N) is 4. The summed E-state index contributed by atoms with van der Waals surface area (Å²) in [6, 6.07) is 0. The minimum Gasteiger partial charge on any atom is -0.374 e. The van der Waals surface area contributed by atoms with E-state index in [0.29, 0.717) is 5.92 Å². The number of guanidine groups is 1. The summed E-state index contributed by atoms with van der Waals surface area (Å²) in [5.41, 5.74) is 0. The fourth-order valence-corrected chi connectivity index (χ4v) is 2.44. The Kier molecular flexibility index (Phi) is 9.74. The lowest BCUT2D eigenvalue weighted by atomic mass is 10.2. The summed E-state index contributed by atoms with van der Waals surface area (Å²) in [5.74, 6) is 1.70. The molecule has 1 fully saturated rings. The number of aliphatic imine (C=N–C) groups is 1. The van der Waals surface area contributed by atoms with Crippen LogP contribution in [0.4, 0.5) is 0 Å². The largest absolute Gasteiger partial charge is 0.374 e. The predicted octanol–water partition coefficient (Wildman–Crippen LogP) is 1.44. The minimum atomic E-state index is 0. The van der Waals surface area contributed by atoms with Crippen molar-refractivity contribution in [1.29, 1.82) is 0 Å². The maximum Gasteiger partial charge on any atom is 0.195 e. The Morgan fingerprint density at radius 3 is 2.35 bits per heavy atom. The van der Waals surface area contributed by atoms with E-state index in [4.69, 9.17) is 4.74 Å². The van der Waals surface area contributed by atoms with Gasteiger partial charge in [-0.1, -0.05) is 13.8 Å². The zero-order chi connectivity index (χ0) is 14.4. The van der Waals surface area contributed by atoms with Crippen LogP contribution in [0.15, 0.2) is 4.99 Å². The highest BCUT2D eigenvalue weighted by Crippen LogP contribution is 2.08. The quantitative estimate of drug-likeness (QED) is 0.408. The maximum atomic E-state index is 5.81. The molecule has 0 N–H and O–H groups in total. The summed E-state index contributed by atoms with van der Waals surface area (Å²) in [5, 5.41) is 0. The zero-order valence-electron chi connectivity index (χ0n) is 13.8. The van der Waals surface area contributed by atoms with Crippen LogP contribution in [0.5, 0.6) is 0 Å². The molecule has 0 amide bonds. The van der Waals surface area contributed by atoms with Crippen molar-refractivity contribution in [3.8, 4) is 0 Å². The first kappa shape index (κ1) is 19.9. The first-order valence-electron chi connectivity index (χ1n) is 7.13. The van der Waals surface area contributed by atoms with Gasteiger partial charge >= 0.3 is 0 Å². The lowest BCUT2D eigenvalue weighted by Crippen LogP contribution is -2.45. The second-order valence-corrected chi connectivity index (χ2v) is 6.08. The van der Waals surface area contributed by atoms with Crippen LogP contribution in [0.2, 0.25) is 0 Å². The van der Waals surface area contributed by atoms with Gasteiger partial charge in [-0.05, 0) is 5.92 Å². The van der Waals surface area contributed by atoms with Crippen LogP contribution in [-0.2, 0) is 4.74 Å². The molecule has 0 aromatic carbocycles. The van der Waals surface area contributed by atoms with E-state index in [1.54, 1.807) is 0 Å². The first-order valence-corrected chi connectivity index (χ1v) is 7.13. The van der Waals surface area contributed by atoms with E-state index in [1.807, 2.05) is 38.0 Å². The van der Waals surface area contributed by atoms with Crippen molar-refractivity contribution < 1.29 is 4.74 Å². The smallest absolute Gasteiger partial charge is 0.195 e. The average Bonchev–Trinajstić information content (AvgIpc) is 2.27. The summed E-state index contributed by atoms with van der Waals surface area (Å²) in [6.45, 7) is 9.28. The van der Waals surface area contributed by atoms with E-state index in [1.165, 1.54) is 0 Å². The number of ether oxygens (including phenoxy) is 1. The summed E-state index contributed by atoms with van der Waals surface area (Å²) < 4.78 is 5.81. The molecule has 0 aromatic heterocycles. The highest BCUT2D eigenvalue weighted by Gasteiger charge is 2.21. The molecule has 1 aliphatic heterocycles. The molecule has 1 saturated heterocycles. The van der Waals surface area contributed by atoms with Gasteiger partial charge in [-0.3, -0.25) is 9.89 Å². The molecule has 0 aromatic rings. The molecule has 1 heterocycles. The first-order chi connectivity index (χ1) is 8.90. The zero-order valence-corrected chi connectivity index (χ0v) is 16.1. The minimum absolute atomic E-state index is 0. The van der Waals surface area contributed by atoms with Crippen molar-refractivity contribution in [2.75, 3.05) is 61.0 Å². The third-order valence-corrected chi connectivity index (χ3v) is 3.08. The highest BCUT2D eigenvalue weighted by molar-refractivity contribution is 14.0. The van der Waals surface area contributed by atoms with E-state index in [9.17, 15) is 0 Å². The normalized spacial score (nSPS) is 19.4. The van der Waals surface area contributed by atoms with Crippen molar-refractivity contribution >= 4 is 29.9 Å². The van der Waals surface area contributed by atoms with Gasteiger partial charge in [0.2, 0.25) is 0 Å². The van der Waals surface area contributed by atoms with Crippen LogP contribution >= 0.6 is 24.0 Å². The van der Waals surface area contributed by atoms with Crippen molar-refractivity contribution in [2.45, 2.75) is 20.0 Å². The molecule has 1 aliphatic rings. The Hall–Kier alpha value is -0.0800. The van der Waals surface area contributed by atoms with Crippen molar-refractivity contribution in [3.63, 3.8) is 0 Å². The van der Waals surface area contributed by atoms with Gasteiger partial charge in [0.05, 0.1) is 19.3 Å². The molecule has 20 heavy (non-hydrogen) atoms. The molecule has 1 unspecified atom stereocenters. The van der Waals surface area contributed by atoms with E-state index in [0.717, 1.165) is 38.7 Å². The Balaban J connectivity index is 0.00000361. The monoisotopic (exact) mass is 398 g/mol. The van der Waals surface area contributed by atoms with Gasteiger partial charge in [0.25, 0.3) is 0 Å². The molecule has 1 atom stereocenters. The Bertz CT molecular complexity index is 285. The van der Waals surface area contributed by atoms with Gasteiger partial charge in [-0.25, -0.2) is 0 Å². The summed E-state index contributed by atoms with van der Waals surface area (Å²) in [7, 11) is 8.08. The Morgan fingerprint density at radius 2 is 1.85 bits per heavy atom. The molecule has 0 bridgehead atoms. The fourth-order valence-electron chi connectivity index (χ4n) is 2.44. The number of morpholine rings is 1. The number of hydrogen-bond acceptors (Lipinski definition) is 3. The molecule has 0 aliphatic carbocycles. The van der Waals surface area contributed by atoms with Gasteiger partial charge < -0.3 is 14.5 Å². The lowest BCUT2D eigenvalue weighted by Gasteiger charge is -2.33. The number of halogens is 1. The van der Waals surface area contributed by atoms with E-state index < -0.39 is 0 Å². The number of rotatable bonds is 4. The second-order valence-electron chi connectivity index (χ2n) is 6.08. The molecular formula is C14H31IN4O. The summed E-state index contributed by atoms with van der Waals surface area (Å²) in [4.78, 5) is 11.2. The van der Waals surface area contributed by atoms with Gasteiger partial charge in [-0.2, -0.15) is 0 Å². The van der Waals surface area contributed by atoms with Crippen LogP contribution in [-0.4, -0.2) is 87.7 Å². The number of hydrogen-bond donors (Lipinski definition) is 0. The Labute approximate surface area is 141 Å². The lowest BCUT2D eigenvalue weighted by molar-refractivity contribution is -0.0263. The molecule has 0 radical (unpaired) electrons. The molecule has 0 saturated carbocycles. The molecular weight excluding hydrogens is 367 g/mol. The van der Waals surface area contributed by atoms with Crippen LogP contribution in [0.1, 0.15) is 13.8 Å². The average molecular weight is 398 g/mol. The van der Waals surface area contributed by atoms with Gasteiger partial charge in [-0.15, -0.1) is 24.0 Å². The maximum absolute atomic E-state index is 5.81. The Morgan fingerprint density at radius 1 is 1.25 bits per heavy atom. The highest BCUT2D eigenvalue weighted by atomic mass is 127. The molecule has 5 nitrogen and oxygen atoms in total. The van der Waals surface area contributed by atoms with Crippen molar-refractivity contribution in [1.82, 2.24) is 14.7 Å².